The summed E-state index contributed by atoms with van der Waals surface area (Å²) in [6.07, 6.45) is 1.30. The molecule has 6 heteroatoms. The second-order valence-electron chi connectivity index (χ2n) is 2.31. The Balaban J connectivity index is 3.06. The fraction of sp³-hybridized carbons (Fsp3) is 0.429. The molecule has 1 heterocycles. The van der Waals surface area contributed by atoms with Crippen molar-refractivity contribution in [3.8, 4) is 5.75 Å². The van der Waals surface area contributed by atoms with E-state index in [0.29, 0.717) is 0 Å². The lowest BCUT2D eigenvalue weighted by atomic mass is 10.4. The molecule has 0 bridgehead atoms. The highest BCUT2D eigenvalue weighted by molar-refractivity contribution is 5.88. The summed E-state index contributed by atoms with van der Waals surface area (Å²) in [6.45, 7) is -0.0178. The Bertz CT molecular complexity index is 307. The number of methoxy groups -OCH3 is 1. The Kier molecular flexibility index (Phi) is 2.86. The predicted molar refractivity (Wildman–Crippen MR) is 42.8 cm³/mol. The maximum Gasteiger partial charge on any atom is 0.358 e. The van der Waals surface area contributed by atoms with E-state index in [0.717, 1.165) is 0 Å². The van der Waals surface area contributed by atoms with Crippen LogP contribution in [0.5, 0.6) is 5.75 Å². The van der Waals surface area contributed by atoms with Crippen LogP contribution >= 0.6 is 0 Å². The van der Waals surface area contributed by atoms with Gasteiger partial charge in [0.25, 0.3) is 0 Å². The van der Waals surface area contributed by atoms with Crippen LogP contribution in [0.2, 0.25) is 0 Å². The number of aliphatic hydroxyl groups is 1. The maximum absolute atomic E-state index is 10.7. The number of carboxylic acids is 1. The molecule has 0 aromatic carbocycles. The van der Waals surface area contributed by atoms with Crippen LogP contribution in [0.4, 0.5) is 0 Å². The van der Waals surface area contributed by atoms with E-state index in [1.807, 2.05) is 0 Å². The van der Waals surface area contributed by atoms with Crippen molar-refractivity contribution < 1.29 is 19.7 Å². The Hall–Kier alpha value is -1.56. The minimum atomic E-state index is -1.12. The van der Waals surface area contributed by atoms with Crippen LogP contribution in [0.1, 0.15) is 10.5 Å². The lowest BCUT2D eigenvalue weighted by molar-refractivity contribution is 0.0678. The predicted octanol–water partition coefficient (Wildman–Crippen LogP) is -0.418. The first-order chi connectivity index (χ1) is 6.20. The van der Waals surface area contributed by atoms with Gasteiger partial charge in [0.05, 0.1) is 26.5 Å². The van der Waals surface area contributed by atoms with Crippen molar-refractivity contribution in [1.29, 1.82) is 0 Å². The van der Waals surface area contributed by atoms with Crippen molar-refractivity contribution in [3.05, 3.63) is 11.9 Å². The Labute approximate surface area is 74.4 Å². The van der Waals surface area contributed by atoms with Gasteiger partial charge in [0.2, 0.25) is 0 Å². The van der Waals surface area contributed by atoms with Gasteiger partial charge in [-0.3, -0.25) is 4.68 Å². The summed E-state index contributed by atoms with van der Waals surface area (Å²) in [5.41, 5.74) is -0.0449. The molecule has 1 aromatic heterocycles. The number of aromatic carboxylic acids is 1. The molecule has 0 amide bonds. The third-order valence-corrected chi connectivity index (χ3v) is 1.54. The van der Waals surface area contributed by atoms with E-state index >= 15 is 0 Å². The van der Waals surface area contributed by atoms with Gasteiger partial charge in [-0.25, -0.2) is 4.79 Å². The number of hydrogen-bond acceptors (Lipinski definition) is 4. The van der Waals surface area contributed by atoms with Gasteiger partial charge in [-0.05, 0) is 0 Å². The first-order valence-electron chi connectivity index (χ1n) is 3.64. The van der Waals surface area contributed by atoms with Gasteiger partial charge in [-0.1, -0.05) is 0 Å². The molecule has 13 heavy (non-hydrogen) atoms. The molecule has 1 rings (SSSR count). The van der Waals surface area contributed by atoms with Gasteiger partial charge in [-0.15, -0.1) is 0 Å². The number of rotatable bonds is 4. The van der Waals surface area contributed by atoms with Crippen molar-refractivity contribution in [1.82, 2.24) is 9.78 Å². The van der Waals surface area contributed by atoms with E-state index in [2.05, 4.69) is 5.10 Å². The second kappa shape index (κ2) is 3.90. The summed E-state index contributed by atoms with van der Waals surface area (Å²) in [5.74, 6) is -0.927. The van der Waals surface area contributed by atoms with Crippen LogP contribution in [-0.4, -0.2) is 39.7 Å². The molecule has 0 saturated heterocycles. The van der Waals surface area contributed by atoms with E-state index < -0.39 is 5.97 Å². The molecule has 72 valence electrons. The SMILES string of the molecule is COc1cnn(CCO)c1C(=O)O. The first kappa shape index (κ1) is 9.53. The molecular weight excluding hydrogens is 176 g/mol. The number of aliphatic hydroxyl groups excluding tert-OH is 1. The maximum atomic E-state index is 10.7. The second-order valence-corrected chi connectivity index (χ2v) is 2.31. The molecule has 0 radical (unpaired) electrons. The Morgan fingerprint density at radius 1 is 1.77 bits per heavy atom. The van der Waals surface area contributed by atoms with Gasteiger partial charge in [0.15, 0.2) is 11.4 Å². The number of aromatic nitrogens is 2. The quantitative estimate of drug-likeness (QED) is 0.667. The molecule has 0 saturated carbocycles. The average molecular weight is 186 g/mol. The molecule has 0 unspecified atom stereocenters. The lowest BCUT2D eigenvalue weighted by Crippen LogP contribution is -2.12. The van der Waals surface area contributed by atoms with E-state index in [-0.39, 0.29) is 24.6 Å². The smallest absolute Gasteiger partial charge is 0.358 e. The summed E-state index contributed by atoms with van der Waals surface area (Å²) < 4.78 is 5.97. The zero-order valence-corrected chi connectivity index (χ0v) is 7.10. The van der Waals surface area contributed by atoms with Crippen molar-refractivity contribution in [3.63, 3.8) is 0 Å². The highest BCUT2D eigenvalue weighted by Gasteiger charge is 2.17. The van der Waals surface area contributed by atoms with Crippen molar-refractivity contribution in [2.45, 2.75) is 6.54 Å². The van der Waals surface area contributed by atoms with E-state index in [1.165, 1.54) is 18.0 Å². The summed E-state index contributed by atoms with van der Waals surface area (Å²) >= 11 is 0. The van der Waals surface area contributed by atoms with Crippen molar-refractivity contribution in [2.75, 3.05) is 13.7 Å². The average Bonchev–Trinajstić information content (AvgIpc) is 2.48. The van der Waals surface area contributed by atoms with Crippen molar-refractivity contribution >= 4 is 5.97 Å². The summed E-state index contributed by atoms with van der Waals surface area (Å²) in [5, 5.41) is 21.1. The standard InChI is InChI=1S/C7H10N2O4/c1-13-5-4-8-9(2-3-10)6(5)7(11)12/h4,10H,2-3H2,1H3,(H,11,12). The van der Waals surface area contributed by atoms with Crippen LogP contribution in [0.25, 0.3) is 0 Å². The van der Waals surface area contributed by atoms with Gasteiger partial charge >= 0.3 is 5.97 Å². The topological polar surface area (TPSA) is 84.6 Å². The van der Waals surface area contributed by atoms with Crippen molar-refractivity contribution in [2.24, 2.45) is 0 Å². The third kappa shape index (κ3) is 1.78. The van der Waals surface area contributed by atoms with E-state index in [9.17, 15) is 4.79 Å². The van der Waals surface area contributed by atoms with Gasteiger partial charge in [0.1, 0.15) is 0 Å². The van der Waals surface area contributed by atoms with E-state index in [4.69, 9.17) is 14.9 Å². The number of hydrogen-bond donors (Lipinski definition) is 2. The zero-order chi connectivity index (χ0) is 9.84. The summed E-state index contributed by atoms with van der Waals surface area (Å²) in [7, 11) is 1.37. The molecule has 0 aliphatic carbocycles. The molecule has 2 N–H and O–H groups in total. The molecule has 6 nitrogen and oxygen atoms in total. The fourth-order valence-electron chi connectivity index (χ4n) is 0.998. The Morgan fingerprint density at radius 2 is 2.46 bits per heavy atom. The zero-order valence-electron chi connectivity index (χ0n) is 7.10. The monoisotopic (exact) mass is 186 g/mol. The molecule has 0 fully saturated rings. The largest absolute Gasteiger partial charge is 0.493 e. The summed E-state index contributed by atoms with van der Waals surface area (Å²) in [4.78, 5) is 10.7. The molecule has 0 aliphatic rings. The number of ether oxygens (including phenoxy) is 1. The van der Waals surface area contributed by atoms with E-state index in [1.54, 1.807) is 0 Å². The number of nitrogens with zero attached hydrogens (tertiary/aromatic N) is 2. The fourth-order valence-corrected chi connectivity index (χ4v) is 0.998. The normalized spacial score (nSPS) is 10.0. The van der Waals surface area contributed by atoms with Crippen LogP contribution in [0.3, 0.4) is 0 Å². The molecule has 0 aliphatic heterocycles. The minimum absolute atomic E-state index is 0.0449. The molecule has 0 atom stereocenters. The minimum Gasteiger partial charge on any atom is -0.493 e. The highest BCUT2D eigenvalue weighted by Crippen LogP contribution is 2.16. The van der Waals surface area contributed by atoms with Crippen LogP contribution < -0.4 is 4.74 Å². The van der Waals surface area contributed by atoms with Crippen LogP contribution in [0, 0.1) is 0 Å². The third-order valence-electron chi connectivity index (χ3n) is 1.54. The van der Waals surface area contributed by atoms with Gasteiger partial charge < -0.3 is 14.9 Å². The lowest BCUT2D eigenvalue weighted by Gasteiger charge is -2.02. The first-order valence-corrected chi connectivity index (χ1v) is 3.64. The van der Waals surface area contributed by atoms with Gasteiger partial charge in [0, 0.05) is 0 Å². The molecular formula is C7H10N2O4. The Morgan fingerprint density at radius 3 is 2.92 bits per heavy atom. The molecule has 0 spiro atoms. The van der Waals surface area contributed by atoms with Crippen LogP contribution in [-0.2, 0) is 6.54 Å². The van der Waals surface area contributed by atoms with Crippen LogP contribution in [0.15, 0.2) is 6.20 Å². The highest BCUT2D eigenvalue weighted by atomic mass is 16.5. The summed E-state index contributed by atoms with van der Waals surface area (Å²) in [6, 6.07) is 0. The van der Waals surface area contributed by atoms with Gasteiger partial charge in [-0.2, -0.15) is 5.10 Å². The number of carboxylic acid groups (broad SMARTS) is 1. The molecule has 1 aromatic rings. The number of carbonyl (C=O) groups is 1.